The van der Waals surface area contributed by atoms with Crippen LogP contribution in [0.5, 0.6) is 11.5 Å². The van der Waals surface area contributed by atoms with E-state index >= 15 is 0 Å². The maximum absolute atomic E-state index is 11.0. The Hall–Kier alpha value is -1.97. The zero-order chi connectivity index (χ0) is 24.3. The van der Waals surface area contributed by atoms with Crippen LogP contribution in [0, 0.1) is 10.1 Å². The molecule has 3 rings (SSSR count). The molecule has 0 atom stereocenters. The lowest BCUT2D eigenvalue weighted by Crippen LogP contribution is -1.85. The van der Waals surface area contributed by atoms with Gasteiger partial charge in [-0.2, -0.15) is 0 Å². The molecule has 2 aromatic carbocycles. The number of aromatic hydroxyl groups is 2. The number of thioether (sulfide) groups is 1. The van der Waals surface area contributed by atoms with E-state index in [1.54, 1.807) is 30.0 Å². The summed E-state index contributed by atoms with van der Waals surface area (Å²) in [6.07, 6.45) is 12.9. The highest BCUT2D eigenvalue weighted by molar-refractivity contribution is 8.01. The molecule has 0 saturated carbocycles. The van der Waals surface area contributed by atoms with Gasteiger partial charge in [-0.1, -0.05) is 76.5 Å². The van der Waals surface area contributed by atoms with E-state index in [1.807, 2.05) is 0 Å². The molecule has 3 aromatic rings. The first-order chi connectivity index (χ1) is 16.5. The Bertz CT molecular complexity index is 1090. The summed E-state index contributed by atoms with van der Waals surface area (Å²) >= 11 is 4.13. The Morgan fingerprint density at radius 3 is 2.21 bits per heavy atom. The van der Waals surface area contributed by atoms with Crippen molar-refractivity contribution in [3.63, 3.8) is 0 Å². The van der Waals surface area contributed by atoms with E-state index in [4.69, 9.17) is 0 Å². The second-order valence-corrected chi connectivity index (χ2v) is 11.8. The molecule has 0 spiro atoms. The third-order valence-electron chi connectivity index (χ3n) is 5.56. The highest BCUT2D eigenvalue weighted by Gasteiger charge is 2.15. The molecule has 0 aliphatic rings. The summed E-state index contributed by atoms with van der Waals surface area (Å²) in [5, 5.41) is 31.9. The number of hydrogen-bond acceptors (Lipinski definition) is 8. The number of nitro benzene ring substituents is 1. The Morgan fingerprint density at radius 1 is 0.912 bits per heavy atom. The summed E-state index contributed by atoms with van der Waals surface area (Å²) < 4.78 is 1.36. The number of rotatable bonds is 15. The lowest BCUT2D eigenvalue weighted by Gasteiger charge is -2.09. The number of phenols is 2. The van der Waals surface area contributed by atoms with E-state index in [2.05, 4.69) is 11.9 Å². The number of nitrogens with zero attached hydrogens (tertiary/aromatic N) is 2. The number of fused-ring (bicyclic) bond motifs is 1. The molecule has 0 saturated heterocycles. The molecular formula is C25H32N2O4S3. The molecule has 184 valence electrons. The van der Waals surface area contributed by atoms with Crippen molar-refractivity contribution in [2.24, 2.45) is 0 Å². The summed E-state index contributed by atoms with van der Waals surface area (Å²) in [4.78, 5) is 16.2. The van der Waals surface area contributed by atoms with Crippen LogP contribution in [0.15, 0.2) is 44.5 Å². The zero-order valence-electron chi connectivity index (χ0n) is 19.5. The van der Waals surface area contributed by atoms with Gasteiger partial charge in [-0.15, -0.1) is 23.1 Å². The first-order valence-corrected chi connectivity index (χ1v) is 14.5. The molecule has 0 fully saturated rings. The second-order valence-electron chi connectivity index (χ2n) is 8.31. The predicted molar refractivity (Wildman–Crippen MR) is 143 cm³/mol. The first-order valence-electron chi connectivity index (χ1n) is 11.9. The van der Waals surface area contributed by atoms with Crippen molar-refractivity contribution in [2.45, 2.75) is 85.3 Å². The normalized spacial score (nSPS) is 11.3. The average molecular weight is 521 g/mol. The molecule has 34 heavy (non-hydrogen) atoms. The Labute approximate surface area is 213 Å². The van der Waals surface area contributed by atoms with Crippen molar-refractivity contribution in [2.75, 3.05) is 5.75 Å². The van der Waals surface area contributed by atoms with Gasteiger partial charge in [0.05, 0.1) is 24.9 Å². The molecular weight excluding hydrogens is 488 g/mol. The molecule has 0 aliphatic heterocycles. The minimum Gasteiger partial charge on any atom is -0.507 e. The topological polar surface area (TPSA) is 96.5 Å². The van der Waals surface area contributed by atoms with Gasteiger partial charge in [0, 0.05) is 12.1 Å². The monoisotopic (exact) mass is 520 g/mol. The first kappa shape index (κ1) is 26.6. The van der Waals surface area contributed by atoms with Crippen LogP contribution in [-0.4, -0.2) is 25.9 Å². The lowest BCUT2D eigenvalue weighted by molar-refractivity contribution is -0.384. The number of thiazole rings is 1. The van der Waals surface area contributed by atoms with E-state index in [0.29, 0.717) is 24.3 Å². The minimum atomic E-state index is -0.429. The third-order valence-corrected chi connectivity index (χ3v) is 8.81. The standard InChI is InChI=1S/C25H32N2O4S3/c1-2-3-4-5-6-7-8-9-10-11-14-32-23-16-21(29)24(17-20(23)28)34-25-26-19-13-12-18(27(30)31)15-22(19)33-25/h12-13,15-17,28-29H,2-11,14H2,1H3. The number of aromatic nitrogens is 1. The van der Waals surface area contributed by atoms with E-state index in [1.165, 1.54) is 93.0 Å². The lowest BCUT2D eigenvalue weighted by atomic mass is 10.1. The van der Waals surface area contributed by atoms with E-state index in [-0.39, 0.29) is 17.2 Å². The zero-order valence-corrected chi connectivity index (χ0v) is 21.9. The molecule has 9 heteroatoms. The fourth-order valence-corrected chi connectivity index (χ4v) is 6.72. The van der Waals surface area contributed by atoms with Crippen molar-refractivity contribution in [3.05, 3.63) is 40.4 Å². The van der Waals surface area contributed by atoms with Gasteiger partial charge in [-0.05, 0) is 30.4 Å². The van der Waals surface area contributed by atoms with Crippen LogP contribution in [0.4, 0.5) is 5.69 Å². The maximum atomic E-state index is 11.0. The van der Waals surface area contributed by atoms with Crippen LogP contribution >= 0.6 is 34.9 Å². The third kappa shape index (κ3) is 8.06. The largest absolute Gasteiger partial charge is 0.507 e. The molecule has 0 aliphatic carbocycles. The van der Waals surface area contributed by atoms with Crippen LogP contribution in [0.25, 0.3) is 10.2 Å². The number of phenolic OH excluding ortho intramolecular Hbond substituents is 2. The van der Waals surface area contributed by atoms with E-state index < -0.39 is 4.92 Å². The average Bonchev–Trinajstić information content (AvgIpc) is 3.22. The quantitative estimate of drug-likeness (QED) is 0.0679. The van der Waals surface area contributed by atoms with Gasteiger partial charge < -0.3 is 10.2 Å². The smallest absolute Gasteiger partial charge is 0.270 e. The molecule has 2 N–H and O–H groups in total. The van der Waals surface area contributed by atoms with Gasteiger partial charge in [0.1, 0.15) is 11.5 Å². The second kappa shape index (κ2) is 13.8. The number of unbranched alkanes of at least 4 members (excludes halogenated alkanes) is 9. The molecule has 0 unspecified atom stereocenters. The molecule has 1 heterocycles. The number of benzene rings is 2. The SMILES string of the molecule is CCCCCCCCCCCCSc1cc(O)c(Sc2nc3ccc([N+](=O)[O-])cc3s2)cc1O. The summed E-state index contributed by atoms with van der Waals surface area (Å²) in [5.41, 5.74) is 0.697. The molecule has 6 nitrogen and oxygen atoms in total. The highest BCUT2D eigenvalue weighted by Crippen LogP contribution is 2.43. The molecule has 0 radical (unpaired) electrons. The predicted octanol–water partition coefficient (Wildman–Crippen LogP) is 8.78. The van der Waals surface area contributed by atoms with Crippen LogP contribution in [0.2, 0.25) is 0 Å². The van der Waals surface area contributed by atoms with Crippen molar-refractivity contribution >= 4 is 50.8 Å². The van der Waals surface area contributed by atoms with Crippen LogP contribution in [0.3, 0.4) is 0 Å². The maximum Gasteiger partial charge on any atom is 0.270 e. The van der Waals surface area contributed by atoms with Gasteiger partial charge in [0.25, 0.3) is 5.69 Å². The summed E-state index contributed by atoms with van der Waals surface area (Å²) in [6.45, 7) is 2.25. The van der Waals surface area contributed by atoms with Crippen molar-refractivity contribution < 1.29 is 15.1 Å². The molecule has 0 amide bonds. The van der Waals surface area contributed by atoms with Crippen molar-refractivity contribution in [1.29, 1.82) is 0 Å². The highest BCUT2D eigenvalue weighted by atomic mass is 32.2. The summed E-state index contributed by atoms with van der Waals surface area (Å²) in [7, 11) is 0. The summed E-state index contributed by atoms with van der Waals surface area (Å²) in [6, 6.07) is 7.73. The number of hydrogen-bond donors (Lipinski definition) is 2. The van der Waals surface area contributed by atoms with Gasteiger partial charge in [0.15, 0.2) is 4.34 Å². The van der Waals surface area contributed by atoms with Gasteiger partial charge in [0.2, 0.25) is 0 Å². The fraction of sp³-hybridized carbons (Fsp3) is 0.480. The van der Waals surface area contributed by atoms with Crippen molar-refractivity contribution in [1.82, 2.24) is 4.98 Å². The fourth-order valence-electron chi connectivity index (χ4n) is 3.65. The Morgan fingerprint density at radius 2 is 1.53 bits per heavy atom. The number of non-ortho nitro benzene ring substituents is 1. The van der Waals surface area contributed by atoms with Crippen LogP contribution < -0.4 is 0 Å². The van der Waals surface area contributed by atoms with Crippen LogP contribution in [0.1, 0.15) is 71.1 Å². The van der Waals surface area contributed by atoms with Gasteiger partial charge in [-0.25, -0.2) is 4.98 Å². The Balaban J connectivity index is 1.45. The summed E-state index contributed by atoms with van der Waals surface area (Å²) in [5.74, 6) is 1.15. The van der Waals surface area contributed by atoms with E-state index in [0.717, 1.165) is 12.2 Å². The molecule has 0 bridgehead atoms. The van der Waals surface area contributed by atoms with E-state index in [9.17, 15) is 20.3 Å². The number of nitro groups is 1. The van der Waals surface area contributed by atoms with Gasteiger partial charge in [-0.3, -0.25) is 10.1 Å². The minimum absolute atomic E-state index is 0.0250. The van der Waals surface area contributed by atoms with Crippen LogP contribution in [-0.2, 0) is 0 Å². The molecule has 1 aromatic heterocycles. The Kier molecular flexibility index (Phi) is 10.8. The van der Waals surface area contributed by atoms with Crippen molar-refractivity contribution in [3.8, 4) is 11.5 Å². The van der Waals surface area contributed by atoms with Gasteiger partial charge >= 0.3 is 0 Å².